The van der Waals surface area contributed by atoms with Gasteiger partial charge in [-0.1, -0.05) is 30.3 Å². The summed E-state index contributed by atoms with van der Waals surface area (Å²) in [4.78, 5) is 37.9. The molecule has 0 aliphatic carbocycles. The lowest BCUT2D eigenvalue weighted by atomic mass is 9.93. The number of methoxy groups -OCH3 is 2. The summed E-state index contributed by atoms with van der Waals surface area (Å²) in [5.74, 6) is -2.51. The summed E-state index contributed by atoms with van der Waals surface area (Å²) < 4.78 is 38.9. The predicted molar refractivity (Wildman–Crippen MR) is 118 cm³/mol. The van der Waals surface area contributed by atoms with Gasteiger partial charge < -0.3 is 33.2 Å². The first kappa shape index (κ1) is 25.1. The highest BCUT2D eigenvalue weighted by Gasteiger charge is 2.61. The standard InChI is InChI=1S/C24H29NO10/c1-23(2)33-17-13-31-16-11-24(21(27)30-4,35-18(16)19(17)34-23)10-15(20(26)29-3)25-22(28)32-12-14-8-6-5-7-9-14/h5-10,16-19H,11-13H2,1-4H3,(H,25,28)/b15-10-/t16-,17+,18+,19+,24-/m1/s1. The Kier molecular flexibility index (Phi) is 7.13. The SMILES string of the molecule is COC(=O)/C(=C/[C@]1(C(=O)OC)C[C@H]2OC[C@@H]3OC(C)(C)O[C@@H]3[C@H]2O1)NC(=O)OCc1ccccc1. The fourth-order valence-electron chi connectivity index (χ4n) is 4.52. The maximum Gasteiger partial charge on any atom is 0.412 e. The van der Waals surface area contributed by atoms with Crippen LogP contribution in [-0.4, -0.2) is 74.7 Å². The van der Waals surface area contributed by atoms with Crippen molar-refractivity contribution in [3.8, 4) is 0 Å². The molecule has 11 heteroatoms. The number of esters is 2. The number of hydrogen-bond donors (Lipinski definition) is 1. The normalized spacial score (nSPS) is 31.1. The molecule has 3 aliphatic rings. The Hall–Kier alpha value is -2.99. The number of ether oxygens (including phenoxy) is 7. The van der Waals surface area contributed by atoms with Crippen LogP contribution in [0.5, 0.6) is 0 Å². The molecule has 11 nitrogen and oxygen atoms in total. The van der Waals surface area contributed by atoms with Gasteiger partial charge in [0.05, 0.1) is 26.9 Å². The molecular formula is C24H29NO10. The number of benzene rings is 1. The van der Waals surface area contributed by atoms with Gasteiger partial charge in [-0.2, -0.15) is 0 Å². The van der Waals surface area contributed by atoms with E-state index in [4.69, 9.17) is 33.2 Å². The minimum atomic E-state index is -1.74. The maximum atomic E-state index is 12.9. The summed E-state index contributed by atoms with van der Waals surface area (Å²) in [6.45, 7) is 3.80. The Morgan fingerprint density at radius 1 is 1.03 bits per heavy atom. The van der Waals surface area contributed by atoms with Crippen molar-refractivity contribution in [2.24, 2.45) is 0 Å². The average Bonchev–Trinajstić information content (AvgIpc) is 3.38. The van der Waals surface area contributed by atoms with E-state index in [9.17, 15) is 14.4 Å². The highest BCUT2D eigenvalue weighted by atomic mass is 16.8. The van der Waals surface area contributed by atoms with Gasteiger partial charge in [-0.05, 0) is 25.5 Å². The molecule has 3 fully saturated rings. The molecule has 0 saturated carbocycles. The molecule has 0 aromatic heterocycles. The van der Waals surface area contributed by atoms with Crippen molar-refractivity contribution in [1.82, 2.24) is 5.32 Å². The molecular weight excluding hydrogens is 462 g/mol. The Balaban J connectivity index is 1.56. The number of rotatable bonds is 6. The molecule has 4 rings (SSSR count). The van der Waals surface area contributed by atoms with Crippen LogP contribution in [0.25, 0.3) is 0 Å². The van der Waals surface area contributed by atoms with Crippen LogP contribution < -0.4 is 5.32 Å². The minimum Gasteiger partial charge on any atom is -0.467 e. The van der Waals surface area contributed by atoms with Crippen molar-refractivity contribution in [2.75, 3.05) is 20.8 Å². The van der Waals surface area contributed by atoms with E-state index in [-0.39, 0.29) is 31.4 Å². The van der Waals surface area contributed by atoms with Crippen molar-refractivity contribution in [2.45, 2.75) is 62.7 Å². The molecule has 1 aromatic carbocycles. The van der Waals surface area contributed by atoms with Gasteiger partial charge in [0.1, 0.15) is 30.6 Å². The van der Waals surface area contributed by atoms with Crippen molar-refractivity contribution >= 4 is 18.0 Å². The molecule has 3 heterocycles. The lowest BCUT2D eigenvalue weighted by Crippen LogP contribution is -2.50. The van der Waals surface area contributed by atoms with E-state index in [0.29, 0.717) is 0 Å². The second-order valence-electron chi connectivity index (χ2n) is 8.91. The molecule has 5 atom stereocenters. The predicted octanol–water partition coefficient (Wildman–Crippen LogP) is 1.59. The lowest BCUT2D eigenvalue weighted by Gasteiger charge is -2.32. The highest BCUT2D eigenvalue weighted by molar-refractivity contribution is 5.94. The Bertz CT molecular complexity index is 993. The van der Waals surface area contributed by atoms with Gasteiger partial charge >= 0.3 is 18.0 Å². The van der Waals surface area contributed by atoms with Gasteiger partial charge in [0.15, 0.2) is 11.4 Å². The van der Waals surface area contributed by atoms with E-state index < -0.39 is 47.7 Å². The van der Waals surface area contributed by atoms with E-state index in [1.807, 2.05) is 6.07 Å². The van der Waals surface area contributed by atoms with Crippen LogP contribution >= 0.6 is 0 Å². The zero-order valence-corrected chi connectivity index (χ0v) is 20.0. The van der Waals surface area contributed by atoms with Crippen LogP contribution in [0.15, 0.2) is 42.1 Å². The first-order chi connectivity index (χ1) is 16.7. The molecule has 3 saturated heterocycles. The van der Waals surface area contributed by atoms with Crippen LogP contribution in [0.1, 0.15) is 25.8 Å². The van der Waals surface area contributed by atoms with Gasteiger partial charge in [0.25, 0.3) is 0 Å². The smallest absolute Gasteiger partial charge is 0.412 e. The van der Waals surface area contributed by atoms with E-state index in [2.05, 4.69) is 5.32 Å². The van der Waals surface area contributed by atoms with Crippen LogP contribution in [0, 0.1) is 0 Å². The molecule has 35 heavy (non-hydrogen) atoms. The Morgan fingerprint density at radius 2 is 1.74 bits per heavy atom. The van der Waals surface area contributed by atoms with Crippen molar-refractivity contribution in [1.29, 1.82) is 0 Å². The third-order valence-electron chi connectivity index (χ3n) is 6.00. The minimum absolute atomic E-state index is 0.0199. The third kappa shape index (κ3) is 5.32. The number of fused-ring (bicyclic) bond motifs is 3. The number of amides is 1. The number of nitrogens with one attached hydrogen (secondary N) is 1. The first-order valence-electron chi connectivity index (χ1n) is 11.2. The van der Waals surface area contributed by atoms with Crippen molar-refractivity contribution in [3.05, 3.63) is 47.7 Å². The topological polar surface area (TPSA) is 128 Å². The average molecular weight is 491 g/mol. The molecule has 0 unspecified atom stereocenters. The molecule has 190 valence electrons. The molecule has 1 N–H and O–H groups in total. The first-order valence-corrected chi connectivity index (χ1v) is 11.2. The van der Waals surface area contributed by atoms with E-state index >= 15 is 0 Å². The maximum absolute atomic E-state index is 12.9. The zero-order chi connectivity index (χ0) is 25.2. The number of alkyl carbamates (subject to hydrolysis) is 1. The summed E-state index contributed by atoms with van der Waals surface area (Å²) in [6, 6.07) is 9.02. The fourth-order valence-corrected chi connectivity index (χ4v) is 4.52. The number of carbonyl (C=O) groups is 3. The lowest BCUT2D eigenvalue weighted by molar-refractivity contribution is -0.179. The van der Waals surface area contributed by atoms with Gasteiger partial charge in [0, 0.05) is 6.42 Å². The van der Waals surface area contributed by atoms with Crippen LogP contribution in [0.3, 0.4) is 0 Å². The van der Waals surface area contributed by atoms with Crippen LogP contribution in [0.4, 0.5) is 4.79 Å². The van der Waals surface area contributed by atoms with E-state index in [0.717, 1.165) is 12.7 Å². The van der Waals surface area contributed by atoms with E-state index in [1.165, 1.54) is 13.2 Å². The number of carbonyl (C=O) groups excluding carboxylic acids is 3. The second-order valence-corrected chi connectivity index (χ2v) is 8.91. The van der Waals surface area contributed by atoms with Gasteiger partial charge in [-0.25, -0.2) is 14.4 Å². The highest BCUT2D eigenvalue weighted by Crippen LogP contribution is 2.44. The monoisotopic (exact) mass is 491 g/mol. The molecule has 0 spiro atoms. The third-order valence-corrected chi connectivity index (χ3v) is 6.00. The summed E-state index contributed by atoms with van der Waals surface area (Å²) in [5.41, 5.74) is -1.32. The fraction of sp³-hybridized carbons (Fsp3) is 0.542. The van der Waals surface area contributed by atoms with Crippen LogP contribution in [0.2, 0.25) is 0 Å². The van der Waals surface area contributed by atoms with Gasteiger partial charge in [0.2, 0.25) is 0 Å². The summed E-state index contributed by atoms with van der Waals surface area (Å²) >= 11 is 0. The zero-order valence-electron chi connectivity index (χ0n) is 20.0. The Labute approximate surface area is 202 Å². The summed E-state index contributed by atoms with van der Waals surface area (Å²) in [6.07, 6.45) is -1.79. The quantitative estimate of drug-likeness (QED) is 0.356. The van der Waals surface area contributed by atoms with E-state index in [1.54, 1.807) is 38.1 Å². The second kappa shape index (κ2) is 9.94. The summed E-state index contributed by atoms with van der Waals surface area (Å²) in [5, 5.41) is 2.35. The molecule has 0 radical (unpaired) electrons. The molecule has 0 bridgehead atoms. The molecule has 1 aromatic rings. The van der Waals surface area contributed by atoms with Crippen molar-refractivity contribution < 1.29 is 47.5 Å². The molecule has 3 aliphatic heterocycles. The largest absolute Gasteiger partial charge is 0.467 e. The van der Waals surface area contributed by atoms with Gasteiger partial charge in [-0.3, -0.25) is 5.32 Å². The summed E-state index contributed by atoms with van der Waals surface area (Å²) in [7, 11) is 2.34. The number of hydrogen-bond acceptors (Lipinski definition) is 10. The van der Waals surface area contributed by atoms with Crippen LogP contribution in [-0.2, 0) is 49.4 Å². The Morgan fingerprint density at radius 3 is 2.43 bits per heavy atom. The molecule has 1 amide bonds. The van der Waals surface area contributed by atoms with Gasteiger partial charge in [-0.15, -0.1) is 0 Å². The van der Waals surface area contributed by atoms with Crippen molar-refractivity contribution in [3.63, 3.8) is 0 Å².